The van der Waals surface area contributed by atoms with Crippen LogP contribution in [0.2, 0.25) is 0 Å². The minimum absolute atomic E-state index is 0.0267. The van der Waals surface area contributed by atoms with Crippen molar-refractivity contribution in [1.82, 2.24) is 5.32 Å². The number of hydrogen-bond acceptors (Lipinski definition) is 2. The van der Waals surface area contributed by atoms with E-state index in [-0.39, 0.29) is 11.9 Å². The van der Waals surface area contributed by atoms with Crippen LogP contribution in [0.25, 0.3) is 0 Å². The summed E-state index contributed by atoms with van der Waals surface area (Å²) in [6.45, 7) is 5.94. The predicted molar refractivity (Wildman–Crippen MR) is 106 cm³/mol. The van der Waals surface area contributed by atoms with Crippen molar-refractivity contribution < 1.29 is 9.53 Å². The van der Waals surface area contributed by atoms with Gasteiger partial charge in [0.15, 0.2) is 6.10 Å². The van der Waals surface area contributed by atoms with Crippen molar-refractivity contribution in [3.8, 4) is 5.75 Å². The molecule has 2 aromatic carbocycles. The summed E-state index contributed by atoms with van der Waals surface area (Å²) < 4.78 is 5.79. The molecular weight excluding hydrogens is 322 g/mol. The van der Waals surface area contributed by atoms with E-state index in [1.807, 2.05) is 31.2 Å². The zero-order chi connectivity index (χ0) is 18.5. The minimum Gasteiger partial charge on any atom is -0.481 e. The van der Waals surface area contributed by atoms with Crippen LogP contribution in [0.5, 0.6) is 5.75 Å². The third-order valence-corrected chi connectivity index (χ3v) is 5.20. The quantitative estimate of drug-likeness (QED) is 0.803. The highest BCUT2D eigenvalue weighted by molar-refractivity contribution is 5.81. The monoisotopic (exact) mass is 351 g/mol. The highest BCUT2D eigenvalue weighted by atomic mass is 16.5. The highest BCUT2D eigenvalue weighted by Crippen LogP contribution is 2.26. The lowest BCUT2D eigenvalue weighted by Gasteiger charge is -2.23. The maximum Gasteiger partial charge on any atom is 0.261 e. The minimum atomic E-state index is -0.524. The molecule has 0 fully saturated rings. The molecule has 3 nitrogen and oxygen atoms in total. The molecule has 1 N–H and O–H groups in total. The Hall–Kier alpha value is -2.29. The first-order valence-corrected chi connectivity index (χ1v) is 9.72. The summed E-state index contributed by atoms with van der Waals surface area (Å²) in [6.07, 6.45) is 5.22. The Labute approximate surface area is 156 Å². The molecule has 0 saturated heterocycles. The molecule has 2 atom stereocenters. The molecule has 3 heteroatoms. The van der Waals surface area contributed by atoms with Crippen molar-refractivity contribution >= 4 is 5.91 Å². The Kier molecular flexibility index (Phi) is 5.97. The van der Waals surface area contributed by atoms with Crippen molar-refractivity contribution in [2.24, 2.45) is 0 Å². The van der Waals surface area contributed by atoms with Crippen molar-refractivity contribution in [1.29, 1.82) is 0 Å². The molecule has 138 valence electrons. The molecule has 0 radical (unpaired) electrons. The Bertz CT molecular complexity index is 751. The van der Waals surface area contributed by atoms with Crippen LogP contribution < -0.4 is 10.1 Å². The van der Waals surface area contributed by atoms with E-state index in [0.29, 0.717) is 0 Å². The molecule has 2 aromatic rings. The molecule has 0 aromatic heterocycles. The average molecular weight is 351 g/mol. The Morgan fingerprint density at radius 1 is 1.08 bits per heavy atom. The third-order valence-electron chi connectivity index (χ3n) is 5.20. The summed E-state index contributed by atoms with van der Waals surface area (Å²) in [5, 5.41) is 3.16. The van der Waals surface area contributed by atoms with Gasteiger partial charge in [-0.1, -0.05) is 42.8 Å². The summed E-state index contributed by atoms with van der Waals surface area (Å²) in [7, 11) is 0. The zero-order valence-electron chi connectivity index (χ0n) is 16.0. The standard InChI is InChI=1S/C23H29NO2/c1-4-22(20-12-11-18-7-5-6-8-19(18)15-20)24-23(25)17(3)26-21-13-9-16(2)10-14-21/h9-15,17,22H,4-8H2,1-3H3,(H,24,25)/t17-,22+/m0/s1. The maximum atomic E-state index is 12.6. The number of carbonyl (C=O) groups is 1. The molecule has 0 spiro atoms. The van der Waals surface area contributed by atoms with Gasteiger partial charge in [0.25, 0.3) is 5.91 Å². The third kappa shape index (κ3) is 4.46. The van der Waals surface area contributed by atoms with E-state index in [4.69, 9.17) is 4.74 Å². The van der Waals surface area contributed by atoms with Crippen molar-refractivity contribution in [2.75, 3.05) is 0 Å². The molecule has 0 saturated carbocycles. The average Bonchev–Trinajstić information content (AvgIpc) is 2.67. The van der Waals surface area contributed by atoms with Gasteiger partial charge in [-0.2, -0.15) is 0 Å². The van der Waals surface area contributed by atoms with Crippen LogP contribution in [0.15, 0.2) is 42.5 Å². The van der Waals surface area contributed by atoms with E-state index in [2.05, 4.69) is 30.4 Å². The van der Waals surface area contributed by atoms with E-state index in [9.17, 15) is 4.79 Å². The van der Waals surface area contributed by atoms with Gasteiger partial charge in [0, 0.05) is 0 Å². The van der Waals surface area contributed by atoms with E-state index < -0.39 is 6.10 Å². The topological polar surface area (TPSA) is 38.3 Å². The van der Waals surface area contributed by atoms with Crippen LogP contribution in [0.3, 0.4) is 0 Å². The number of rotatable bonds is 6. The number of amides is 1. The van der Waals surface area contributed by atoms with Gasteiger partial charge in [0.1, 0.15) is 5.75 Å². The van der Waals surface area contributed by atoms with Crippen molar-refractivity contribution in [3.63, 3.8) is 0 Å². The van der Waals surface area contributed by atoms with Gasteiger partial charge in [0.05, 0.1) is 6.04 Å². The number of ether oxygens (including phenoxy) is 1. The van der Waals surface area contributed by atoms with Crippen LogP contribution in [0.1, 0.15) is 61.4 Å². The summed E-state index contributed by atoms with van der Waals surface area (Å²) in [6, 6.07) is 14.5. The summed E-state index contributed by atoms with van der Waals surface area (Å²) in [5.41, 5.74) is 5.29. The number of fused-ring (bicyclic) bond motifs is 1. The van der Waals surface area contributed by atoms with Crippen LogP contribution in [-0.2, 0) is 17.6 Å². The van der Waals surface area contributed by atoms with Gasteiger partial charge >= 0.3 is 0 Å². The van der Waals surface area contributed by atoms with Gasteiger partial charge in [-0.25, -0.2) is 0 Å². The molecule has 0 heterocycles. The molecule has 0 aliphatic heterocycles. The lowest BCUT2D eigenvalue weighted by Crippen LogP contribution is -2.38. The largest absolute Gasteiger partial charge is 0.481 e. The van der Waals surface area contributed by atoms with Gasteiger partial charge in [0.2, 0.25) is 0 Å². The molecular formula is C23H29NO2. The summed E-state index contributed by atoms with van der Waals surface area (Å²) in [4.78, 5) is 12.6. The van der Waals surface area contributed by atoms with E-state index in [1.165, 1.54) is 41.5 Å². The molecule has 26 heavy (non-hydrogen) atoms. The van der Waals surface area contributed by atoms with Crippen molar-refractivity contribution in [3.05, 3.63) is 64.7 Å². The number of aryl methyl sites for hydroxylation is 3. The molecule has 1 aliphatic rings. The second-order valence-electron chi connectivity index (χ2n) is 7.28. The van der Waals surface area contributed by atoms with E-state index in [0.717, 1.165) is 18.6 Å². The Morgan fingerprint density at radius 2 is 1.77 bits per heavy atom. The molecule has 1 aliphatic carbocycles. The van der Waals surface area contributed by atoms with Crippen molar-refractivity contribution in [2.45, 2.75) is 65.0 Å². The van der Waals surface area contributed by atoms with Gasteiger partial charge in [-0.15, -0.1) is 0 Å². The predicted octanol–water partition coefficient (Wildman–Crippen LogP) is 4.91. The molecule has 1 amide bonds. The summed E-state index contributed by atoms with van der Waals surface area (Å²) in [5.74, 6) is 0.648. The summed E-state index contributed by atoms with van der Waals surface area (Å²) >= 11 is 0. The fourth-order valence-electron chi connectivity index (χ4n) is 3.55. The maximum absolute atomic E-state index is 12.6. The molecule has 3 rings (SSSR count). The number of benzene rings is 2. The number of carbonyl (C=O) groups excluding carboxylic acids is 1. The highest BCUT2D eigenvalue weighted by Gasteiger charge is 2.20. The first-order valence-electron chi connectivity index (χ1n) is 9.72. The number of hydrogen-bond donors (Lipinski definition) is 1. The lowest BCUT2D eigenvalue weighted by atomic mass is 9.89. The van der Waals surface area contributed by atoms with Crippen LogP contribution in [0.4, 0.5) is 0 Å². The van der Waals surface area contributed by atoms with Gasteiger partial charge in [-0.3, -0.25) is 4.79 Å². The lowest BCUT2D eigenvalue weighted by molar-refractivity contribution is -0.128. The van der Waals surface area contributed by atoms with Crippen LogP contribution >= 0.6 is 0 Å². The first-order chi connectivity index (χ1) is 12.6. The van der Waals surface area contributed by atoms with Crippen LogP contribution in [0, 0.1) is 6.92 Å². The normalized spacial score (nSPS) is 15.7. The second kappa shape index (κ2) is 8.39. The number of nitrogens with one attached hydrogen (secondary N) is 1. The van der Waals surface area contributed by atoms with Gasteiger partial charge in [-0.05, 0) is 74.8 Å². The zero-order valence-corrected chi connectivity index (χ0v) is 16.0. The molecule has 0 unspecified atom stereocenters. The fourth-order valence-corrected chi connectivity index (χ4v) is 3.55. The SMILES string of the molecule is CC[C@@H](NC(=O)[C@H](C)Oc1ccc(C)cc1)c1ccc2c(c1)CCCC2. The van der Waals surface area contributed by atoms with E-state index >= 15 is 0 Å². The Morgan fingerprint density at radius 3 is 2.46 bits per heavy atom. The van der Waals surface area contributed by atoms with E-state index in [1.54, 1.807) is 6.92 Å². The second-order valence-corrected chi connectivity index (χ2v) is 7.28. The smallest absolute Gasteiger partial charge is 0.261 e. The van der Waals surface area contributed by atoms with Gasteiger partial charge < -0.3 is 10.1 Å². The van der Waals surface area contributed by atoms with Crippen LogP contribution in [-0.4, -0.2) is 12.0 Å². The molecule has 0 bridgehead atoms. The first kappa shape index (κ1) is 18.5. The Balaban J connectivity index is 1.65. The fraction of sp³-hybridized carbons (Fsp3) is 0.435.